The highest BCUT2D eigenvalue weighted by Crippen LogP contribution is 2.24. The van der Waals surface area contributed by atoms with Crippen LogP contribution in [0.1, 0.15) is 20.8 Å². The van der Waals surface area contributed by atoms with Gasteiger partial charge in [0.2, 0.25) is 10.0 Å². The van der Waals surface area contributed by atoms with Crippen LogP contribution in [0, 0.1) is 5.41 Å². The van der Waals surface area contributed by atoms with Crippen molar-refractivity contribution in [1.29, 1.82) is 0 Å². The summed E-state index contributed by atoms with van der Waals surface area (Å²) < 4.78 is 25.3. The van der Waals surface area contributed by atoms with Gasteiger partial charge in [0.25, 0.3) is 0 Å². The average Bonchev–Trinajstić information content (AvgIpc) is 2.31. The molecule has 1 rings (SSSR count). The molecule has 2 N–H and O–H groups in total. The molecular weight excluding hydrogens is 188 g/mol. The maximum Gasteiger partial charge on any atom is 0.211 e. The number of rotatable bonds is 3. The molecule has 0 aromatic heterocycles. The zero-order valence-electron chi connectivity index (χ0n) is 8.42. The predicted molar refractivity (Wildman–Crippen MR) is 53.0 cm³/mol. The largest absolute Gasteiger partial charge is 0.315 e. The van der Waals surface area contributed by atoms with Gasteiger partial charge in [-0.25, -0.2) is 13.1 Å². The van der Waals surface area contributed by atoms with Gasteiger partial charge in [0.1, 0.15) is 0 Å². The van der Waals surface area contributed by atoms with E-state index in [4.69, 9.17) is 0 Å². The zero-order chi connectivity index (χ0) is 10.1. The van der Waals surface area contributed by atoms with E-state index in [0.29, 0.717) is 0 Å². The van der Waals surface area contributed by atoms with Crippen LogP contribution in [-0.2, 0) is 10.0 Å². The monoisotopic (exact) mass is 206 g/mol. The maximum absolute atomic E-state index is 11.3. The van der Waals surface area contributed by atoms with Gasteiger partial charge in [0, 0.05) is 19.1 Å². The summed E-state index contributed by atoms with van der Waals surface area (Å²) in [4.78, 5) is 0. The van der Waals surface area contributed by atoms with Crippen molar-refractivity contribution in [2.75, 3.05) is 18.8 Å². The van der Waals surface area contributed by atoms with Gasteiger partial charge in [0.15, 0.2) is 0 Å². The highest BCUT2D eigenvalue weighted by molar-refractivity contribution is 7.89. The Labute approximate surface area is 80.1 Å². The number of hydrogen-bond acceptors (Lipinski definition) is 3. The fourth-order valence-electron chi connectivity index (χ4n) is 1.44. The first kappa shape index (κ1) is 10.9. The van der Waals surface area contributed by atoms with E-state index in [1.165, 1.54) is 0 Å². The lowest BCUT2D eigenvalue weighted by Gasteiger charge is -2.25. The molecule has 1 saturated heterocycles. The van der Waals surface area contributed by atoms with Gasteiger partial charge in [-0.2, -0.15) is 0 Å². The number of hydrogen-bond donors (Lipinski definition) is 2. The lowest BCUT2D eigenvalue weighted by atomic mass is 9.89. The maximum atomic E-state index is 11.3. The van der Waals surface area contributed by atoms with E-state index in [-0.39, 0.29) is 17.2 Å². The highest BCUT2D eigenvalue weighted by atomic mass is 32.2. The minimum atomic E-state index is -3.06. The van der Waals surface area contributed by atoms with Crippen LogP contribution in [0.4, 0.5) is 0 Å². The van der Waals surface area contributed by atoms with Crippen LogP contribution in [0.2, 0.25) is 0 Å². The quantitative estimate of drug-likeness (QED) is 0.679. The molecule has 78 valence electrons. The Balaban J connectivity index is 2.65. The van der Waals surface area contributed by atoms with Crippen LogP contribution >= 0.6 is 0 Å². The Morgan fingerprint density at radius 2 is 2.15 bits per heavy atom. The second-order valence-electron chi connectivity index (χ2n) is 4.19. The molecule has 0 saturated carbocycles. The van der Waals surface area contributed by atoms with Gasteiger partial charge < -0.3 is 5.32 Å². The lowest BCUT2D eigenvalue weighted by Crippen LogP contribution is -2.44. The Kier molecular flexibility index (Phi) is 2.99. The van der Waals surface area contributed by atoms with E-state index in [1.807, 2.05) is 0 Å². The van der Waals surface area contributed by atoms with E-state index >= 15 is 0 Å². The van der Waals surface area contributed by atoms with Crippen molar-refractivity contribution in [3.8, 4) is 0 Å². The van der Waals surface area contributed by atoms with Crippen LogP contribution in [0.15, 0.2) is 0 Å². The molecule has 1 aliphatic heterocycles. The summed E-state index contributed by atoms with van der Waals surface area (Å²) in [5.41, 5.74) is 0.0161. The summed E-state index contributed by atoms with van der Waals surface area (Å²) in [5.74, 6) is 0.152. The van der Waals surface area contributed by atoms with E-state index in [9.17, 15) is 8.42 Å². The van der Waals surface area contributed by atoms with Gasteiger partial charge >= 0.3 is 0 Å². The van der Waals surface area contributed by atoms with Crippen molar-refractivity contribution in [3.05, 3.63) is 0 Å². The van der Waals surface area contributed by atoms with Crippen LogP contribution in [0.3, 0.4) is 0 Å². The summed E-state index contributed by atoms with van der Waals surface area (Å²) in [7, 11) is -3.06. The molecule has 0 bridgehead atoms. The summed E-state index contributed by atoms with van der Waals surface area (Å²) in [6.07, 6.45) is 0. The Morgan fingerprint density at radius 1 is 1.54 bits per heavy atom. The summed E-state index contributed by atoms with van der Waals surface area (Å²) in [6, 6.07) is 0.0254. The molecule has 5 heteroatoms. The molecular formula is C8H18N2O2S. The van der Waals surface area contributed by atoms with Crippen molar-refractivity contribution in [1.82, 2.24) is 10.0 Å². The van der Waals surface area contributed by atoms with Gasteiger partial charge in [0.05, 0.1) is 5.75 Å². The summed E-state index contributed by atoms with van der Waals surface area (Å²) in [5, 5.41) is 3.18. The second kappa shape index (κ2) is 3.55. The molecule has 4 nitrogen and oxygen atoms in total. The highest BCUT2D eigenvalue weighted by Gasteiger charge is 2.36. The van der Waals surface area contributed by atoms with Gasteiger partial charge in [-0.05, 0) is 12.3 Å². The molecule has 1 fully saturated rings. The Morgan fingerprint density at radius 3 is 2.54 bits per heavy atom. The smallest absolute Gasteiger partial charge is 0.211 e. The molecule has 1 unspecified atom stereocenters. The predicted octanol–water partition coefficient (Wildman–Crippen LogP) is -0.0763. The number of sulfonamides is 1. The van der Waals surface area contributed by atoms with Crippen LogP contribution in [-0.4, -0.2) is 33.3 Å². The van der Waals surface area contributed by atoms with E-state index in [2.05, 4.69) is 23.9 Å². The minimum Gasteiger partial charge on any atom is -0.315 e. The standard InChI is InChI=1S/C8H18N2O2S/c1-4-13(11,12)10-7-5-9-6-8(7,2)3/h7,9-10H,4-6H2,1-3H3. The molecule has 1 heterocycles. The third-order valence-electron chi connectivity index (χ3n) is 2.57. The SMILES string of the molecule is CCS(=O)(=O)NC1CNCC1(C)C. The minimum absolute atomic E-state index is 0.0161. The fraction of sp³-hybridized carbons (Fsp3) is 1.00. The average molecular weight is 206 g/mol. The van der Waals surface area contributed by atoms with E-state index < -0.39 is 10.0 Å². The Hall–Kier alpha value is -0.130. The van der Waals surface area contributed by atoms with E-state index in [0.717, 1.165) is 13.1 Å². The van der Waals surface area contributed by atoms with Crippen molar-refractivity contribution < 1.29 is 8.42 Å². The van der Waals surface area contributed by atoms with Gasteiger partial charge in [-0.1, -0.05) is 13.8 Å². The first-order valence-corrected chi connectivity index (χ1v) is 6.23. The molecule has 0 radical (unpaired) electrons. The van der Waals surface area contributed by atoms with Gasteiger partial charge in [-0.3, -0.25) is 0 Å². The normalized spacial score (nSPS) is 27.8. The third-order valence-corrected chi connectivity index (χ3v) is 3.98. The second-order valence-corrected chi connectivity index (χ2v) is 6.24. The Bertz CT molecular complexity index is 272. The molecule has 0 aromatic carbocycles. The summed E-state index contributed by atoms with van der Waals surface area (Å²) in [6.45, 7) is 7.37. The molecule has 13 heavy (non-hydrogen) atoms. The van der Waals surface area contributed by atoms with Crippen LogP contribution < -0.4 is 10.0 Å². The van der Waals surface area contributed by atoms with Gasteiger partial charge in [-0.15, -0.1) is 0 Å². The number of nitrogens with one attached hydrogen (secondary N) is 2. The topological polar surface area (TPSA) is 58.2 Å². The molecule has 0 aromatic rings. The van der Waals surface area contributed by atoms with Crippen molar-refractivity contribution in [3.63, 3.8) is 0 Å². The lowest BCUT2D eigenvalue weighted by molar-refractivity contribution is 0.341. The molecule has 1 aliphatic rings. The van der Waals surface area contributed by atoms with Crippen LogP contribution in [0.25, 0.3) is 0 Å². The molecule has 1 atom stereocenters. The molecule has 0 amide bonds. The first-order chi connectivity index (χ1) is 5.87. The summed E-state index contributed by atoms with van der Waals surface area (Å²) >= 11 is 0. The van der Waals surface area contributed by atoms with Crippen molar-refractivity contribution in [2.45, 2.75) is 26.8 Å². The first-order valence-electron chi connectivity index (χ1n) is 4.58. The fourth-order valence-corrected chi connectivity index (χ4v) is 2.44. The zero-order valence-corrected chi connectivity index (χ0v) is 9.24. The third kappa shape index (κ3) is 2.65. The molecule has 0 spiro atoms. The van der Waals surface area contributed by atoms with Crippen molar-refractivity contribution in [2.24, 2.45) is 5.41 Å². The van der Waals surface area contributed by atoms with Crippen molar-refractivity contribution >= 4 is 10.0 Å². The van der Waals surface area contributed by atoms with Crippen LogP contribution in [0.5, 0.6) is 0 Å². The van der Waals surface area contributed by atoms with E-state index in [1.54, 1.807) is 6.92 Å². The molecule has 0 aliphatic carbocycles.